The molecule has 85 heavy (non-hydrogen) atoms. The first-order valence-electron chi connectivity index (χ1n) is 29.6. The molecule has 7 N–H and O–H groups in total. The number of aliphatic hydroxyl groups excluding tert-OH is 1. The maximum absolute atomic E-state index is 14.5. The van der Waals surface area contributed by atoms with Gasteiger partial charge in [-0.25, -0.2) is 4.79 Å². The fourth-order valence-electron chi connectivity index (χ4n) is 11.4. The van der Waals surface area contributed by atoms with Gasteiger partial charge in [-0.05, 0) is 81.8 Å². The number of fused-ring (bicyclic) bond motifs is 1. The van der Waals surface area contributed by atoms with Gasteiger partial charge < -0.3 is 45.8 Å². The van der Waals surface area contributed by atoms with Crippen LogP contribution in [0.3, 0.4) is 0 Å². The van der Waals surface area contributed by atoms with E-state index in [4.69, 9.17) is 9.16 Å². The number of para-hydroxylation sites is 1. The van der Waals surface area contributed by atoms with Gasteiger partial charge in [0, 0.05) is 42.6 Å². The number of anilines is 1. The van der Waals surface area contributed by atoms with Crippen LogP contribution in [0, 0.1) is 11.8 Å². The van der Waals surface area contributed by atoms with Gasteiger partial charge in [-0.15, -0.1) is 0 Å². The van der Waals surface area contributed by atoms with E-state index in [1.54, 1.807) is 20.0 Å². The number of nitrogens with zero attached hydrogens (tertiary/aromatic N) is 2. The van der Waals surface area contributed by atoms with E-state index in [1.807, 2.05) is 135 Å². The molecule has 5 amide bonds. The lowest BCUT2D eigenvalue weighted by Gasteiger charge is -2.43. The van der Waals surface area contributed by atoms with Crippen LogP contribution in [0.25, 0.3) is 10.9 Å². The highest BCUT2D eigenvalue weighted by atomic mass is 28.4. The maximum Gasteiger partial charge on any atom is 0.351 e. The van der Waals surface area contributed by atoms with E-state index >= 15 is 0 Å². The highest BCUT2D eigenvalue weighted by molar-refractivity contribution is 6.99. The van der Waals surface area contributed by atoms with Gasteiger partial charge in [0.2, 0.25) is 29.5 Å². The fourth-order valence-corrected chi connectivity index (χ4v) is 16.0. The van der Waals surface area contributed by atoms with Gasteiger partial charge in [0.05, 0.1) is 37.3 Å². The number of benzene rings is 5. The number of aromatic amines is 1. The van der Waals surface area contributed by atoms with E-state index in [2.05, 4.69) is 81.6 Å². The molecule has 448 valence electrons. The van der Waals surface area contributed by atoms with Gasteiger partial charge in [0.25, 0.3) is 8.32 Å². The average Bonchev–Trinajstić information content (AvgIpc) is 1.92. The smallest absolute Gasteiger partial charge is 0.351 e. The summed E-state index contributed by atoms with van der Waals surface area (Å²) < 4.78 is 15.0. The van der Waals surface area contributed by atoms with Gasteiger partial charge in [-0.2, -0.15) is 4.98 Å². The molecular formula is C67H82N8O9Si. The molecule has 1 aliphatic heterocycles. The molecular weight excluding hydrogens is 1090 g/mol. The Labute approximate surface area is 499 Å². The molecule has 18 heteroatoms. The number of carbonyl (C=O) groups excluding carboxylic acids is 5. The van der Waals surface area contributed by atoms with E-state index in [1.165, 1.54) is 16.8 Å². The first-order valence-corrected chi connectivity index (χ1v) is 31.5. The van der Waals surface area contributed by atoms with Crippen molar-refractivity contribution in [1.29, 1.82) is 0 Å². The summed E-state index contributed by atoms with van der Waals surface area (Å²) in [5.74, 6) is -3.19. The van der Waals surface area contributed by atoms with Gasteiger partial charge in [0.1, 0.15) is 24.1 Å². The minimum atomic E-state index is -2.82. The third-order valence-corrected chi connectivity index (χ3v) is 20.7. The highest BCUT2D eigenvalue weighted by Gasteiger charge is 2.51. The molecule has 0 radical (unpaired) electrons. The number of hydrogen-bond acceptors (Lipinski definition) is 10. The zero-order chi connectivity index (χ0) is 60.7. The van der Waals surface area contributed by atoms with Crippen LogP contribution in [-0.4, -0.2) is 94.4 Å². The van der Waals surface area contributed by atoms with E-state index in [0.717, 1.165) is 38.0 Å². The van der Waals surface area contributed by atoms with Gasteiger partial charge in [0.15, 0.2) is 0 Å². The van der Waals surface area contributed by atoms with Crippen molar-refractivity contribution in [3.05, 3.63) is 191 Å². The van der Waals surface area contributed by atoms with Crippen LogP contribution in [0.4, 0.5) is 5.82 Å². The molecule has 1 fully saturated rings. The molecule has 0 aliphatic carbocycles. The van der Waals surface area contributed by atoms with Crippen molar-refractivity contribution in [1.82, 2.24) is 35.8 Å². The molecule has 1 unspecified atom stereocenters. The van der Waals surface area contributed by atoms with Crippen molar-refractivity contribution in [3.63, 3.8) is 0 Å². The molecule has 17 nitrogen and oxygen atoms in total. The van der Waals surface area contributed by atoms with E-state index in [9.17, 15) is 33.9 Å². The number of aromatic nitrogens is 3. The highest BCUT2D eigenvalue weighted by Crippen LogP contribution is 2.38. The van der Waals surface area contributed by atoms with E-state index < -0.39 is 74.0 Å². The summed E-state index contributed by atoms with van der Waals surface area (Å²) in [5.41, 5.74) is 2.89. The van der Waals surface area contributed by atoms with Crippen LogP contribution in [0.5, 0.6) is 0 Å². The lowest BCUT2D eigenvalue weighted by atomic mass is 9.94. The second kappa shape index (κ2) is 29.2. The molecule has 3 heterocycles. The summed E-state index contributed by atoms with van der Waals surface area (Å²) in [5, 5.41) is 29.0. The van der Waals surface area contributed by atoms with Crippen molar-refractivity contribution >= 4 is 64.9 Å². The van der Waals surface area contributed by atoms with Crippen LogP contribution in [-0.2, 0) is 46.0 Å². The van der Waals surface area contributed by atoms with Crippen LogP contribution < -0.4 is 42.6 Å². The van der Waals surface area contributed by atoms with Crippen molar-refractivity contribution in [2.24, 2.45) is 11.8 Å². The second-order valence-corrected chi connectivity index (χ2v) is 28.3. The molecule has 5 aromatic carbocycles. The number of amides is 5. The zero-order valence-corrected chi connectivity index (χ0v) is 50.8. The standard InChI is InChI=1S/C67H82N8O9Si/c1-44(2)38-55(57(76)41-61(79)69-54(47-24-14-9-15-25-47)39-46-22-12-8-13-23-46)71-65(81)63(45(3)4)74-64(80)56(40-48-42-68-53-31-21-20-30-52(48)53)70-59(77)33-34-60(78)72-58-36-37-75(66(82)73-58)62-35-32-49(84-62)43-83-85(67(5,6)7,50-26-16-10-17-27-50)51-28-18-11-19-29-51/h8-31,36-37,42,44-45,49,54-57,62-63,68,76H,32-35,38-41,43H2,1-7H3,(H,69,79)(H,70,77)(H,71,81)(H,74,80)(H,72,73,78,82)/t49-,54?,55-,56-,57-,62+,63-/m0/s1. The summed E-state index contributed by atoms with van der Waals surface area (Å²) in [4.78, 5) is 90.4. The zero-order valence-electron chi connectivity index (χ0n) is 49.8. The SMILES string of the molecule is CC(C)C[C@H](NC(=O)[C@@H](NC(=O)[C@H](Cc1c[nH]c2ccccc12)NC(=O)CCC(=O)Nc1ccn([C@H]2CC[C@@H](CO[Si](c3ccccc3)(c3ccccc3)C(C)(C)C)O2)c(=O)n1)C(C)C)[C@@H](O)CC(=O)NC(Cc1ccccc1)c1ccccc1. The largest absolute Gasteiger partial charge is 0.405 e. The monoisotopic (exact) mass is 1170 g/mol. The van der Waals surface area contributed by atoms with Crippen LogP contribution in [0.15, 0.2) is 169 Å². The predicted octanol–water partition coefficient (Wildman–Crippen LogP) is 7.95. The molecule has 0 spiro atoms. The van der Waals surface area contributed by atoms with Crippen LogP contribution in [0.2, 0.25) is 5.04 Å². The Morgan fingerprint density at radius 3 is 1.95 bits per heavy atom. The topological polar surface area (TPSA) is 235 Å². The fraction of sp³-hybridized carbons (Fsp3) is 0.388. The minimum Gasteiger partial charge on any atom is -0.405 e. The van der Waals surface area contributed by atoms with Gasteiger partial charge in [-0.1, -0.05) is 188 Å². The first-order chi connectivity index (χ1) is 40.8. The number of H-pyrrole nitrogens is 1. The third kappa shape index (κ3) is 16.7. The van der Waals surface area contributed by atoms with Crippen LogP contribution >= 0.6 is 0 Å². The maximum atomic E-state index is 14.5. The second-order valence-electron chi connectivity index (χ2n) is 24.0. The number of carbonyl (C=O) groups is 5. The van der Waals surface area contributed by atoms with Crippen molar-refractivity contribution in [3.8, 4) is 0 Å². The van der Waals surface area contributed by atoms with E-state index in [0.29, 0.717) is 32.3 Å². The normalized spacial score (nSPS) is 16.3. The third-order valence-electron chi connectivity index (χ3n) is 15.7. The number of hydrogen-bond donors (Lipinski definition) is 7. The van der Waals surface area contributed by atoms with Crippen molar-refractivity contribution in [2.75, 3.05) is 11.9 Å². The molecule has 7 aromatic rings. The number of aliphatic hydroxyl groups is 1. The summed E-state index contributed by atoms with van der Waals surface area (Å²) in [6.45, 7) is 14.4. The lowest BCUT2D eigenvalue weighted by Crippen LogP contribution is -2.67. The first kappa shape index (κ1) is 63.0. The lowest BCUT2D eigenvalue weighted by molar-refractivity contribution is -0.134. The Morgan fingerprint density at radius 2 is 1.33 bits per heavy atom. The Balaban J connectivity index is 0.876. The molecule has 0 bridgehead atoms. The Bertz CT molecular complexity index is 3350. The van der Waals surface area contributed by atoms with E-state index in [-0.39, 0.29) is 60.5 Å². The number of ether oxygens (including phenoxy) is 1. The predicted molar refractivity (Wildman–Crippen MR) is 333 cm³/mol. The Hall–Kier alpha value is -8.03. The summed E-state index contributed by atoms with van der Waals surface area (Å²) in [7, 11) is -2.82. The molecule has 1 saturated heterocycles. The molecule has 8 rings (SSSR count). The molecule has 2 aromatic heterocycles. The molecule has 1 aliphatic rings. The van der Waals surface area contributed by atoms with Crippen molar-refractivity contribution in [2.45, 2.75) is 147 Å². The number of rotatable bonds is 27. The van der Waals surface area contributed by atoms with Gasteiger partial charge >= 0.3 is 5.69 Å². The van der Waals surface area contributed by atoms with Crippen molar-refractivity contribution < 1.29 is 38.2 Å². The molecule has 7 atom stereocenters. The summed E-state index contributed by atoms with van der Waals surface area (Å²) in [6.07, 6.45) is 2.39. The quantitative estimate of drug-likeness (QED) is 0.0246. The Kier molecular flexibility index (Phi) is 21.6. The van der Waals surface area contributed by atoms with Gasteiger partial charge in [-0.3, -0.25) is 28.5 Å². The Morgan fingerprint density at radius 1 is 0.718 bits per heavy atom. The average molecular weight is 1170 g/mol. The van der Waals surface area contributed by atoms with Crippen LogP contribution in [0.1, 0.15) is 116 Å². The summed E-state index contributed by atoms with van der Waals surface area (Å²) >= 11 is 0. The number of nitrogens with one attached hydrogen (secondary N) is 6. The summed E-state index contributed by atoms with van der Waals surface area (Å²) in [6, 6.07) is 45.7. The molecule has 0 saturated carbocycles. The minimum absolute atomic E-state index is 0.00719.